The van der Waals surface area contributed by atoms with Gasteiger partial charge in [0.2, 0.25) is 11.8 Å². The van der Waals surface area contributed by atoms with E-state index in [0.29, 0.717) is 23.9 Å². The van der Waals surface area contributed by atoms with E-state index in [1.165, 1.54) is 0 Å². The fraction of sp³-hybridized carbons (Fsp3) is 0.565. The van der Waals surface area contributed by atoms with Crippen LogP contribution in [-0.4, -0.2) is 52.3 Å². The van der Waals surface area contributed by atoms with Crippen LogP contribution in [0.3, 0.4) is 0 Å². The predicted octanol–water partition coefficient (Wildman–Crippen LogP) is 3.44. The van der Waals surface area contributed by atoms with Gasteiger partial charge in [-0.25, -0.2) is 4.79 Å². The molecule has 2 aromatic rings. The predicted molar refractivity (Wildman–Crippen MR) is 122 cm³/mol. The van der Waals surface area contributed by atoms with Crippen molar-refractivity contribution in [1.82, 2.24) is 20.4 Å². The minimum atomic E-state index is -0.889. The summed E-state index contributed by atoms with van der Waals surface area (Å²) in [7, 11) is 1.60. The van der Waals surface area contributed by atoms with Crippen molar-refractivity contribution >= 4 is 17.7 Å². The molecule has 0 bridgehead atoms. The Morgan fingerprint density at radius 3 is 2.52 bits per heavy atom. The molecule has 1 saturated heterocycles. The van der Waals surface area contributed by atoms with Crippen molar-refractivity contribution in [3.05, 3.63) is 36.0 Å². The lowest BCUT2D eigenvalue weighted by Crippen LogP contribution is -2.44. The molecule has 1 aliphatic heterocycles. The largest absolute Gasteiger partial charge is 0.497 e. The van der Waals surface area contributed by atoms with E-state index in [0.717, 1.165) is 25.1 Å². The first-order valence-corrected chi connectivity index (χ1v) is 11.0. The average Bonchev–Trinajstić information content (AvgIpc) is 3.37. The highest BCUT2D eigenvalue weighted by atomic mass is 16.6. The zero-order valence-electron chi connectivity index (χ0n) is 20.1. The van der Waals surface area contributed by atoms with Crippen molar-refractivity contribution in [2.75, 3.05) is 19.0 Å². The lowest BCUT2D eigenvalue weighted by atomic mass is 10.1. The fourth-order valence-corrected chi connectivity index (χ4v) is 3.57. The SMILES string of the molecule is COc1ccc(NC(=O)C2CCCN2Cc2nc(C(C)(C)NC(=O)OC(C)(C)C)no2)cc1. The van der Waals surface area contributed by atoms with Crippen molar-refractivity contribution in [1.29, 1.82) is 0 Å². The number of methoxy groups -OCH3 is 1. The summed E-state index contributed by atoms with van der Waals surface area (Å²) in [4.78, 5) is 31.5. The molecular weight excluding hydrogens is 426 g/mol. The van der Waals surface area contributed by atoms with Crippen LogP contribution < -0.4 is 15.4 Å². The average molecular weight is 460 g/mol. The van der Waals surface area contributed by atoms with Crippen LogP contribution in [-0.2, 0) is 21.6 Å². The molecule has 180 valence electrons. The Labute approximate surface area is 194 Å². The van der Waals surface area contributed by atoms with Gasteiger partial charge in [0.25, 0.3) is 0 Å². The van der Waals surface area contributed by atoms with Gasteiger partial charge in [-0.15, -0.1) is 0 Å². The summed E-state index contributed by atoms with van der Waals surface area (Å²) in [6.07, 6.45) is 1.08. The van der Waals surface area contributed by atoms with E-state index in [1.54, 1.807) is 66.0 Å². The second kappa shape index (κ2) is 9.78. The maximum atomic E-state index is 12.9. The van der Waals surface area contributed by atoms with E-state index in [1.807, 2.05) is 4.90 Å². The minimum Gasteiger partial charge on any atom is -0.497 e. The van der Waals surface area contributed by atoms with Crippen LogP contribution in [0.5, 0.6) is 5.75 Å². The summed E-state index contributed by atoms with van der Waals surface area (Å²) in [6.45, 7) is 10.0. The number of ether oxygens (including phenoxy) is 2. The number of hydrogen-bond donors (Lipinski definition) is 2. The van der Waals surface area contributed by atoms with Gasteiger partial charge >= 0.3 is 6.09 Å². The molecule has 3 rings (SSSR count). The zero-order valence-corrected chi connectivity index (χ0v) is 20.1. The number of carbonyl (C=O) groups excluding carboxylic acids is 2. The summed E-state index contributed by atoms with van der Waals surface area (Å²) in [5, 5.41) is 9.76. The normalized spacial score (nSPS) is 17.0. The number of alkyl carbamates (subject to hydrolysis) is 1. The summed E-state index contributed by atoms with van der Waals surface area (Å²) in [5.74, 6) is 1.37. The smallest absolute Gasteiger partial charge is 0.408 e. The minimum absolute atomic E-state index is 0.0793. The third-order valence-corrected chi connectivity index (χ3v) is 5.20. The number of aromatic nitrogens is 2. The molecule has 10 nitrogen and oxygen atoms in total. The van der Waals surface area contributed by atoms with Gasteiger partial charge in [-0.05, 0) is 78.3 Å². The second-order valence-corrected chi connectivity index (χ2v) is 9.61. The summed E-state index contributed by atoms with van der Waals surface area (Å²) in [6, 6.07) is 6.92. The molecule has 0 spiro atoms. The van der Waals surface area contributed by atoms with Gasteiger partial charge in [0.1, 0.15) is 16.9 Å². The number of anilines is 1. The Morgan fingerprint density at radius 2 is 1.88 bits per heavy atom. The molecule has 1 aliphatic rings. The number of carbonyl (C=O) groups is 2. The van der Waals surface area contributed by atoms with E-state index >= 15 is 0 Å². The first-order chi connectivity index (χ1) is 15.5. The van der Waals surface area contributed by atoms with Gasteiger partial charge in [0, 0.05) is 5.69 Å². The van der Waals surface area contributed by atoms with E-state index in [9.17, 15) is 9.59 Å². The number of amides is 2. The molecule has 1 aromatic heterocycles. The number of hydrogen-bond acceptors (Lipinski definition) is 8. The number of benzene rings is 1. The molecule has 10 heteroatoms. The van der Waals surface area contributed by atoms with Gasteiger partial charge in [-0.3, -0.25) is 9.69 Å². The molecule has 1 fully saturated rings. The quantitative estimate of drug-likeness (QED) is 0.646. The lowest BCUT2D eigenvalue weighted by molar-refractivity contribution is -0.120. The van der Waals surface area contributed by atoms with Gasteiger partial charge in [0.15, 0.2) is 5.82 Å². The van der Waals surface area contributed by atoms with Crippen LogP contribution in [0.25, 0.3) is 0 Å². The highest BCUT2D eigenvalue weighted by Crippen LogP contribution is 2.24. The van der Waals surface area contributed by atoms with Crippen LogP contribution in [0.2, 0.25) is 0 Å². The Hall–Kier alpha value is -3.14. The molecule has 2 amide bonds. The van der Waals surface area contributed by atoms with Crippen LogP contribution >= 0.6 is 0 Å². The number of nitrogens with zero attached hydrogens (tertiary/aromatic N) is 3. The third kappa shape index (κ3) is 6.67. The fourth-order valence-electron chi connectivity index (χ4n) is 3.57. The third-order valence-electron chi connectivity index (χ3n) is 5.20. The summed E-state index contributed by atoms with van der Waals surface area (Å²) >= 11 is 0. The molecule has 2 heterocycles. The second-order valence-electron chi connectivity index (χ2n) is 9.61. The Bertz CT molecular complexity index is 964. The van der Waals surface area contributed by atoms with Gasteiger partial charge in [-0.2, -0.15) is 4.98 Å². The van der Waals surface area contributed by atoms with E-state index in [2.05, 4.69) is 20.8 Å². The molecule has 1 aromatic carbocycles. The maximum absolute atomic E-state index is 12.9. The van der Waals surface area contributed by atoms with Crippen molar-refractivity contribution in [2.45, 2.75) is 71.2 Å². The lowest BCUT2D eigenvalue weighted by Gasteiger charge is -2.26. The molecular formula is C23H33N5O5. The van der Waals surface area contributed by atoms with E-state index in [-0.39, 0.29) is 11.9 Å². The van der Waals surface area contributed by atoms with Crippen LogP contribution in [0.4, 0.5) is 10.5 Å². The molecule has 0 radical (unpaired) electrons. The molecule has 1 unspecified atom stereocenters. The Kier molecular flexibility index (Phi) is 7.26. The molecule has 2 N–H and O–H groups in total. The van der Waals surface area contributed by atoms with E-state index in [4.69, 9.17) is 14.0 Å². The van der Waals surface area contributed by atoms with Crippen molar-refractivity contribution in [2.24, 2.45) is 0 Å². The number of likely N-dealkylation sites (tertiary alicyclic amines) is 1. The Morgan fingerprint density at radius 1 is 1.18 bits per heavy atom. The van der Waals surface area contributed by atoms with Gasteiger partial charge in [0.05, 0.1) is 19.7 Å². The van der Waals surface area contributed by atoms with Crippen LogP contribution in [0, 0.1) is 0 Å². The Balaban J connectivity index is 1.61. The van der Waals surface area contributed by atoms with Crippen LogP contribution in [0.15, 0.2) is 28.8 Å². The van der Waals surface area contributed by atoms with Gasteiger partial charge in [-0.1, -0.05) is 5.16 Å². The van der Waals surface area contributed by atoms with Crippen molar-refractivity contribution in [3.8, 4) is 5.75 Å². The first-order valence-electron chi connectivity index (χ1n) is 11.0. The zero-order chi connectivity index (χ0) is 24.2. The van der Waals surface area contributed by atoms with Crippen molar-refractivity contribution < 1.29 is 23.6 Å². The van der Waals surface area contributed by atoms with Crippen molar-refractivity contribution in [3.63, 3.8) is 0 Å². The highest BCUT2D eigenvalue weighted by molar-refractivity contribution is 5.95. The monoisotopic (exact) mass is 459 g/mol. The highest BCUT2D eigenvalue weighted by Gasteiger charge is 2.34. The first kappa shape index (κ1) is 24.5. The molecule has 0 aliphatic carbocycles. The summed E-state index contributed by atoms with van der Waals surface area (Å²) < 4.78 is 15.9. The molecule has 1 atom stereocenters. The maximum Gasteiger partial charge on any atom is 0.408 e. The standard InChI is InChI=1S/C23H33N5O5/c1-22(2,3)32-21(30)26-23(4,5)20-25-18(33-27-20)14-28-13-7-8-17(28)19(29)24-15-9-11-16(31-6)12-10-15/h9-12,17H,7-8,13-14H2,1-6H3,(H,24,29)(H,26,30). The van der Waals surface area contributed by atoms with Gasteiger partial charge < -0.3 is 24.6 Å². The number of rotatable bonds is 7. The topological polar surface area (TPSA) is 119 Å². The molecule has 0 saturated carbocycles. The van der Waals surface area contributed by atoms with E-state index < -0.39 is 17.2 Å². The summed E-state index contributed by atoms with van der Waals surface area (Å²) in [5.41, 5.74) is -0.789. The molecule has 33 heavy (non-hydrogen) atoms. The number of nitrogens with one attached hydrogen (secondary N) is 2. The van der Waals surface area contributed by atoms with Crippen LogP contribution in [0.1, 0.15) is 59.2 Å².